The second-order valence-corrected chi connectivity index (χ2v) is 30.7. The fourth-order valence-corrected chi connectivity index (χ4v) is 17.0. The molecule has 0 radical (unpaired) electrons. The Bertz CT molecular complexity index is 7090. The summed E-state index contributed by atoms with van der Waals surface area (Å²) in [4.78, 5) is 105. The minimum Gasteiger partial charge on any atom is -0.505 e. The van der Waals surface area contributed by atoms with Crippen LogP contribution in [0.5, 0.6) is 46.0 Å². The normalized spacial score (nSPS) is 11.3. The van der Waals surface area contributed by atoms with Gasteiger partial charge in [-0.05, 0) is 176 Å². The third kappa shape index (κ3) is 15.4. The number of aromatic hydroxyl groups is 4. The number of hydrogen-bond donors (Lipinski definition) is 4. The second-order valence-electron chi connectivity index (χ2n) is 24.7. The van der Waals surface area contributed by atoms with Gasteiger partial charge in [0.05, 0.1) is 50.5 Å². The number of halogens is 3. The fourth-order valence-electron chi connectivity index (χ4n) is 12.7. The van der Waals surface area contributed by atoms with Crippen LogP contribution in [-0.4, -0.2) is 67.1 Å². The molecule has 0 fully saturated rings. The molecule has 8 aromatic carbocycles. The molecule has 0 amide bonds. The standard InChI is InChI=1S/C21H16BrNO5S.C21H16ClNO5S.C21H17NO5S.C20H14ClNO5S/c1-3-23-14-9-8-11(27-2)10-12(14)18-16(20(23)25)17(24)19(21(26)28-18)29-15-7-5-4-6-13(15)22;1-3-23-15-8-7-12(27-2)10-14(15)18-16(20(23)25)17(24)19(21(26)28-18)29-13-6-4-5-11(22)9-13;1-3-22-15-10-9-12(26-2)11-14(15)18-16(20(22)24)17(23)19(21(25)27-18)28-13-7-5-4-6-8-13;1-22-14-8-5-11(26-2)9-13(14)17-15(19(22)24)16(23)18(20(25)27-17)28-12-6-3-10(21)4-7-12/h2*4-10,24H,3H2,1-2H3;4-11,23H,3H2,1-2H3;3-9,23H,1-2H3. The van der Waals surface area contributed by atoms with Gasteiger partial charge in [-0.2, -0.15) is 0 Å². The predicted octanol–water partition coefficient (Wildman–Crippen LogP) is 17.6. The molecule has 0 atom stereocenters. The van der Waals surface area contributed by atoms with Crippen molar-refractivity contribution in [2.75, 3.05) is 28.4 Å². The molecule has 580 valence electrons. The minimum absolute atomic E-state index is 0.0132. The van der Waals surface area contributed by atoms with Gasteiger partial charge in [0.15, 0.2) is 45.3 Å². The topological polar surface area (TPSA) is 327 Å². The molecule has 114 heavy (non-hydrogen) atoms. The number of benzene rings is 8. The SMILES string of the molecule is CCn1c(=O)c2c(O)c(Sc3cccc(Cl)c3)c(=O)oc2c2cc(OC)ccc21.CCn1c(=O)c2c(O)c(Sc3ccccc3)c(=O)oc2c2cc(OC)ccc21.CCn1c(=O)c2c(O)c(Sc3ccccc3Br)c(=O)oc2c2cc(OC)ccc21.COc1ccc2c(c1)c1oc(=O)c(Sc3ccc(Cl)cc3)c(O)c1c(=O)n2C. The summed E-state index contributed by atoms with van der Waals surface area (Å²) in [7, 11) is 7.68. The zero-order chi connectivity index (χ0) is 81.2. The Morgan fingerprint density at radius 1 is 0.360 bits per heavy atom. The van der Waals surface area contributed by atoms with Crippen molar-refractivity contribution >= 4 is 174 Å². The first-order valence-corrected chi connectivity index (χ1v) is 39.3. The summed E-state index contributed by atoms with van der Waals surface area (Å²) in [5.41, 5.74) is -2.11. The Morgan fingerprint density at radius 2 is 0.684 bits per heavy atom. The smallest absolute Gasteiger partial charge is 0.354 e. The molecule has 24 nitrogen and oxygen atoms in total. The van der Waals surface area contributed by atoms with Crippen molar-refractivity contribution in [2.24, 2.45) is 7.05 Å². The van der Waals surface area contributed by atoms with E-state index in [-0.39, 0.29) is 75.0 Å². The molecular formula is C83H63BrCl2N4O20S4. The number of fused-ring (bicyclic) bond motifs is 12. The lowest BCUT2D eigenvalue weighted by atomic mass is 10.1. The molecule has 0 saturated carbocycles. The lowest BCUT2D eigenvalue weighted by molar-refractivity contribution is 0.415. The van der Waals surface area contributed by atoms with Crippen LogP contribution in [0.2, 0.25) is 10.0 Å². The lowest BCUT2D eigenvalue weighted by Gasteiger charge is -2.13. The molecule has 0 spiro atoms. The molecule has 4 N–H and O–H groups in total. The molecule has 16 rings (SSSR count). The van der Waals surface area contributed by atoms with Crippen LogP contribution >= 0.6 is 86.2 Å². The molecule has 0 aliphatic rings. The highest BCUT2D eigenvalue weighted by atomic mass is 79.9. The van der Waals surface area contributed by atoms with E-state index in [0.29, 0.717) is 111 Å². The first-order valence-electron chi connectivity index (χ1n) is 34.4. The van der Waals surface area contributed by atoms with Gasteiger partial charge in [0, 0.05) is 82.3 Å². The minimum atomic E-state index is -0.738. The summed E-state index contributed by atoms with van der Waals surface area (Å²) in [5, 5.41) is 46.4. The van der Waals surface area contributed by atoms with E-state index in [1.165, 1.54) is 46.7 Å². The average molecular weight is 1720 g/mol. The van der Waals surface area contributed by atoms with E-state index in [0.717, 1.165) is 56.4 Å². The number of hydrogen-bond acceptors (Lipinski definition) is 24. The number of nitrogens with zero attached hydrogens (tertiary/aromatic N) is 4. The van der Waals surface area contributed by atoms with Crippen LogP contribution in [0.25, 0.3) is 87.5 Å². The van der Waals surface area contributed by atoms with Crippen molar-refractivity contribution in [3.8, 4) is 46.0 Å². The zero-order valence-electron chi connectivity index (χ0n) is 61.2. The first kappa shape index (κ1) is 80.4. The van der Waals surface area contributed by atoms with E-state index in [1.54, 1.807) is 134 Å². The number of ether oxygens (including phenoxy) is 4. The molecule has 16 aromatic rings. The number of methoxy groups -OCH3 is 4. The maximum atomic E-state index is 13.1. The largest absolute Gasteiger partial charge is 0.505 e. The molecule has 31 heteroatoms. The quantitative estimate of drug-likeness (QED) is 0.0693. The first-order chi connectivity index (χ1) is 54.8. The highest BCUT2D eigenvalue weighted by molar-refractivity contribution is 9.10. The zero-order valence-corrected chi connectivity index (χ0v) is 67.6. The third-order valence-corrected chi connectivity index (χ3v) is 23.9. The summed E-state index contributed by atoms with van der Waals surface area (Å²) >= 11 is 19.4. The number of rotatable bonds is 15. The van der Waals surface area contributed by atoms with Crippen LogP contribution in [-0.2, 0) is 26.7 Å². The van der Waals surface area contributed by atoms with Crippen LogP contribution in [0.4, 0.5) is 0 Å². The van der Waals surface area contributed by atoms with E-state index in [1.807, 2.05) is 69.3 Å². The van der Waals surface area contributed by atoms with E-state index >= 15 is 0 Å². The van der Waals surface area contributed by atoms with E-state index in [2.05, 4.69) is 15.9 Å². The van der Waals surface area contributed by atoms with Crippen LogP contribution in [0, 0.1) is 0 Å². The van der Waals surface area contributed by atoms with Gasteiger partial charge < -0.3 is 75.3 Å². The van der Waals surface area contributed by atoms with Crippen molar-refractivity contribution in [3.63, 3.8) is 0 Å². The van der Waals surface area contributed by atoms with Crippen molar-refractivity contribution in [3.05, 3.63) is 274 Å². The lowest BCUT2D eigenvalue weighted by Crippen LogP contribution is -2.21. The Labute approximate surface area is 678 Å². The number of aryl methyl sites for hydroxylation is 4. The molecule has 8 aromatic heterocycles. The van der Waals surface area contributed by atoms with Crippen molar-refractivity contribution in [2.45, 2.75) is 79.6 Å². The van der Waals surface area contributed by atoms with Gasteiger partial charge in [0.1, 0.15) is 64.1 Å². The summed E-state index contributed by atoms with van der Waals surface area (Å²) in [6.45, 7) is 6.68. The Hall–Kier alpha value is -11.7. The average Bonchev–Trinajstić information content (AvgIpc) is 0.753. The van der Waals surface area contributed by atoms with Crippen LogP contribution < -0.4 is 63.7 Å². The van der Waals surface area contributed by atoms with Gasteiger partial charge in [-0.1, -0.05) is 107 Å². The summed E-state index contributed by atoms with van der Waals surface area (Å²) < 4.78 is 49.9. The Morgan fingerprint density at radius 3 is 1.05 bits per heavy atom. The van der Waals surface area contributed by atoms with E-state index in [4.69, 9.17) is 59.8 Å². The van der Waals surface area contributed by atoms with Gasteiger partial charge in [0.25, 0.3) is 22.2 Å². The number of pyridine rings is 4. The second kappa shape index (κ2) is 33.9. The molecule has 8 heterocycles. The van der Waals surface area contributed by atoms with Gasteiger partial charge in [0.2, 0.25) is 0 Å². The van der Waals surface area contributed by atoms with Crippen LogP contribution in [0.15, 0.2) is 276 Å². The third-order valence-electron chi connectivity index (χ3n) is 18.2. The number of aromatic nitrogens is 4. The van der Waals surface area contributed by atoms with Crippen molar-refractivity contribution in [1.29, 1.82) is 0 Å². The molecule has 0 bridgehead atoms. The molecular weight excluding hydrogens is 1650 g/mol. The summed E-state index contributed by atoms with van der Waals surface area (Å²) in [5.74, 6) is 0.628. The maximum absolute atomic E-state index is 13.1. The van der Waals surface area contributed by atoms with Gasteiger partial charge in [-0.15, -0.1) is 0 Å². The van der Waals surface area contributed by atoms with Crippen LogP contribution in [0.3, 0.4) is 0 Å². The Kier molecular flexibility index (Phi) is 23.9. The molecule has 0 unspecified atom stereocenters. The van der Waals surface area contributed by atoms with Gasteiger partial charge >= 0.3 is 22.5 Å². The van der Waals surface area contributed by atoms with Crippen molar-refractivity contribution in [1.82, 2.24) is 18.3 Å². The van der Waals surface area contributed by atoms with E-state index in [9.17, 15) is 58.8 Å². The van der Waals surface area contributed by atoms with Gasteiger partial charge in [-0.25, -0.2) is 19.2 Å². The highest BCUT2D eigenvalue weighted by Gasteiger charge is 2.28. The molecule has 0 aliphatic carbocycles. The summed E-state index contributed by atoms with van der Waals surface area (Å²) in [6, 6.07) is 50.5. The molecule has 0 saturated heterocycles. The van der Waals surface area contributed by atoms with E-state index < -0.39 is 56.2 Å². The maximum Gasteiger partial charge on any atom is 0.354 e. The van der Waals surface area contributed by atoms with Crippen LogP contribution in [0.1, 0.15) is 20.8 Å². The van der Waals surface area contributed by atoms with Crippen molar-refractivity contribution < 1.29 is 57.0 Å². The monoisotopic (exact) mass is 1710 g/mol. The highest BCUT2D eigenvalue weighted by Crippen LogP contribution is 2.44. The molecule has 0 aliphatic heterocycles. The summed E-state index contributed by atoms with van der Waals surface area (Å²) in [6.07, 6.45) is 0. The Balaban J connectivity index is 0.000000133. The van der Waals surface area contributed by atoms with Gasteiger partial charge in [-0.3, -0.25) is 19.2 Å². The fraction of sp³-hybridized carbons (Fsp3) is 0.133. The predicted molar refractivity (Wildman–Crippen MR) is 448 cm³/mol.